The zero-order valence-corrected chi connectivity index (χ0v) is 7.81. The molecule has 0 atom stereocenters. The average Bonchev–Trinajstić information content (AvgIpc) is 1.64. The number of nitrogens with two attached hydrogens (primary N) is 1. The second-order valence-electron chi connectivity index (χ2n) is 1.63. The maximum absolute atomic E-state index is 10.7. The first-order valence-corrected chi connectivity index (χ1v) is 4.94. The van der Waals surface area contributed by atoms with E-state index in [0.717, 1.165) is 0 Å². The predicted octanol–water partition coefficient (Wildman–Crippen LogP) is 0.0205. The van der Waals surface area contributed by atoms with Crippen molar-refractivity contribution in [3.8, 4) is 0 Å². The minimum absolute atomic E-state index is 0. The molecule has 0 aromatic rings. The topological polar surface area (TPSA) is 60.2 Å². The Hall–Kier alpha value is 0.490. The Morgan fingerprint density at radius 2 is 1.80 bits per heavy atom. The number of halogens is 2. The minimum Gasteiger partial charge on any atom is -0.329 e. The third-order valence-corrected chi connectivity index (χ3v) is 2.91. The Morgan fingerprint density at radius 3 is 2.10 bits per heavy atom. The van der Waals surface area contributed by atoms with Crippen LogP contribution in [0.5, 0.6) is 0 Å². The van der Waals surface area contributed by atoms with Gasteiger partial charge in [0.15, 0.2) is 9.84 Å². The first-order chi connectivity index (χ1) is 4.12. The highest BCUT2D eigenvalue weighted by Gasteiger charge is 2.06. The maximum atomic E-state index is 10.7. The van der Waals surface area contributed by atoms with E-state index in [1.54, 1.807) is 0 Å². The van der Waals surface area contributed by atoms with E-state index in [9.17, 15) is 8.42 Å². The molecule has 6 heteroatoms. The lowest BCUT2D eigenvalue weighted by Crippen LogP contribution is -2.18. The van der Waals surface area contributed by atoms with Crippen molar-refractivity contribution in [2.24, 2.45) is 5.73 Å². The van der Waals surface area contributed by atoms with Gasteiger partial charge >= 0.3 is 0 Å². The Morgan fingerprint density at radius 1 is 1.30 bits per heavy atom. The summed E-state index contributed by atoms with van der Waals surface area (Å²) >= 11 is 5.20. The molecular formula is C4H11Cl2NO2S. The second kappa shape index (κ2) is 6.22. The average molecular weight is 208 g/mol. The first kappa shape index (κ1) is 13.1. The van der Waals surface area contributed by atoms with E-state index in [0.29, 0.717) is 0 Å². The third kappa shape index (κ3) is 6.61. The molecule has 0 aromatic heterocycles. The highest BCUT2D eigenvalue weighted by Crippen LogP contribution is 1.89. The van der Waals surface area contributed by atoms with Crippen LogP contribution in [0.4, 0.5) is 0 Å². The summed E-state index contributed by atoms with van der Waals surface area (Å²) in [6, 6.07) is 0. The van der Waals surface area contributed by atoms with Gasteiger partial charge in [-0.05, 0) is 0 Å². The molecule has 0 spiro atoms. The van der Waals surface area contributed by atoms with Crippen LogP contribution in [0.25, 0.3) is 0 Å². The number of alkyl halides is 1. The maximum Gasteiger partial charge on any atom is 0.152 e. The molecule has 0 aliphatic carbocycles. The van der Waals surface area contributed by atoms with E-state index >= 15 is 0 Å². The van der Waals surface area contributed by atoms with Crippen molar-refractivity contribution in [3.63, 3.8) is 0 Å². The minimum atomic E-state index is -2.94. The summed E-state index contributed by atoms with van der Waals surface area (Å²) in [6.45, 7) is 0.180. The molecule has 3 nitrogen and oxygen atoms in total. The van der Waals surface area contributed by atoms with Crippen molar-refractivity contribution in [2.45, 2.75) is 0 Å². The second-order valence-corrected chi connectivity index (χ2v) is 4.31. The van der Waals surface area contributed by atoms with Crippen molar-refractivity contribution in [1.29, 1.82) is 0 Å². The fraction of sp³-hybridized carbons (Fsp3) is 1.00. The summed E-state index contributed by atoms with van der Waals surface area (Å²) in [7, 11) is -2.94. The van der Waals surface area contributed by atoms with Crippen LogP contribution in [0.3, 0.4) is 0 Å². The highest BCUT2D eigenvalue weighted by atomic mass is 35.5. The molecule has 0 saturated carbocycles. The molecule has 2 N–H and O–H groups in total. The van der Waals surface area contributed by atoms with Crippen LogP contribution in [-0.4, -0.2) is 32.3 Å². The summed E-state index contributed by atoms with van der Waals surface area (Å²) in [6.07, 6.45) is 0. The highest BCUT2D eigenvalue weighted by molar-refractivity contribution is 7.91. The first-order valence-electron chi connectivity index (χ1n) is 2.59. The SMILES string of the molecule is Cl.NCCS(=O)(=O)CCCl. The molecule has 0 aliphatic heterocycles. The lowest BCUT2D eigenvalue weighted by molar-refractivity contribution is 0.597. The lowest BCUT2D eigenvalue weighted by Gasteiger charge is -1.96. The standard InChI is InChI=1S/C4H10ClNO2S.ClH/c5-1-3-9(7,8)4-2-6;/h1-4,6H2;1H. The van der Waals surface area contributed by atoms with E-state index < -0.39 is 9.84 Å². The fourth-order valence-electron chi connectivity index (χ4n) is 0.399. The van der Waals surface area contributed by atoms with Crippen LogP contribution < -0.4 is 5.73 Å². The molecule has 0 saturated heterocycles. The van der Waals surface area contributed by atoms with Crippen LogP contribution in [0, 0.1) is 0 Å². The van der Waals surface area contributed by atoms with Crippen molar-refractivity contribution in [2.75, 3.05) is 23.9 Å². The van der Waals surface area contributed by atoms with Gasteiger partial charge in [0.25, 0.3) is 0 Å². The van der Waals surface area contributed by atoms with E-state index in [1.807, 2.05) is 0 Å². The Bertz CT molecular complexity index is 145. The van der Waals surface area contributed by atoms with Gasteiger partial charge in [0, 0.05) is 12.4 Å². The van der Waals surface area contributed by atoms with Gasteiger partial charge in [-0.15, -0.1) is 24.0 Å². The predicted molar refractivity (Wildman–Crippen MR) is 45.7 cm³/mol. The van der Waals surface area contributed by atoms with E-state index in [1.165, 1.54) is 0 Å². The van der Waals surface area contributed by atoms with Gasteiger partial charge in [0.05, 0.1) is 11.5 Å². The largest absolute Gasteiger partial charge is 0.329 e. The van der Waals surface area contributed by atoms with Crippen molar-refractivity contribution >= 4 is 33.8 Å². The quantitative estimate of drug-likeness (QED) is 0.662. The molecule has 0 aromatic carbocycles. The van der Waals surface area contributed by atoms with Crippen LogP contribution in [0.15, 0.2) is 0 Å². The van der Waals surface area contributed by atoms with Crippen molar-refractivity contribution in [3.05, 3.63) is 0 Å². The number of hydrogen-bond donors (Lipinski definition) is 1. The van der Waals surface area contributed by atoms with Gasteiger partial charge in [-0.25, -0.2) is 8.42 Å². The monoisotopic (exact) mass is 207 g/mol. The van der Waals surface area contributed by atoms with Gasteiger partial charge in [-0.2, -0.15) is 0 Å². The molecule has 0 radical (unpaired) electrons. The van der Waals surface area contributed by atoms with Crippen LogP contribution in [-0.2, 0) is 9.84 Å². The fourth-order valence-corrected chi connectivity index (χ4v) is 1.90. The van der Waals surface area contributed by atoms with Gasteiger partial charge < -0.3 is 5.73 Å². The zero-order chi connectivity index (χ0) is 7.33. The lowest BCUT2D eigenvalue weighted by atomic mass is 10.8. The van der Waals surface area contributed by atoms with Crippen LogP contribution in [0.2, 0.25) is 0 Å². The van der Waals surface area contributed by atoms with Crippen LogP contribution >= 0.6 is 24.0 Å². The van der Waals surface area contributed by atoms with E-state index in [4.69, 9.17) is 17.3 Å². The number of rotatable bonds is 4. The zero-order valence-electron chi connectivity index (χ0n) is 5.42. The Balaban J connectivity index is 0. The molecule has 64 valence electrons. The van der Waals surface area contributed by atoms with Crippen molar-refractivity contribution in [1.82, 2.24) is 0 Å². The molecule has 10 heavy (non-hydrogen) atoms. The molecule has 0 unspecified atom stereocenters. The number of hydrogen-bond acceptors (Lipinski definition) is 3. The van der Waals surface area contributed by atoms with Crippen LogP contribution in [0.1, 0.15) is 0 Å². The number of sulfone groups is 1. The van der Waals surface area contributed by atoms with Gasteiger partial charge in [-0.1, -0.05) is 0 Å². The summed E-state index contributed by atoms with van der Waals surface area (Å²) in [4.78, 5) is 0. The summed E-state index contributed by atoms with van der Waals surface area (Å²) in [5, 5.41) is 0. The molecular weight excluding hydrogens is 197 g/mol. The summed E-state index contributed by atoms with van der Waals surface area (Å²) < 4.78 is 21.3. The molecule has 0 rings (SSSR count). The van der Waals surface area contributed by atoms with E-state index in [2.05, 4.69) is 0 Å². The summed E-state index contributed by atoms with van der Waals surface area (Å²) in [5.41, 5.74) is 5.02. The molecule has 0 fully saturated rings. The normalized spacial score (nSPS) is 10.6. The molecule has 0 aliphatic rings. The smallest absolute Gasteiger partial charge is 0.152 e. The third-order valence-electron chi connectivity index (χ3n) is 0.817. The Labute approximate surface area is 72.3 Å². The summed E-state index contributed by atoms with van der Waals surface area (Å²) in [5.74, 6) is 0.230. The molecule has 0 bridgehead atoms. The van der Waals surface area contributed by atoms with Gasteiger partial charge in [0.1, 0.15) is 0 Å². The Kier molecular flexibility index (Phi) is 8.15. The van der Waals surface area contributed by atoms with Crippen molar-refractivity contribution < 1.29 is 8.42 Å². The van der Waals surface area contributed by atoms with Gasteiger partial charge in [0.2, 0.25) is 0 Å². The van der Waals surface area contributed by atoms with E-state index in [-0.39, 0.29) is 36.3 Å². The molecule has 0 amide bonds. The van der Waals surface area contributed by atoms with Gasteiger partial charge in [-0.3, -0.25) is 0 Å². The molecule has 0 heterocycles.